The fraction of sp³-hybridized carbons (Fsp3) is 0.278. The summed E-state index contributed by atoms with van der Waals surface area (Å²) in [4.78, 5) is 46.1. The number of likely N-dealkylation sites (tertiary alicyclic amines) is 1. The largest absolute Gasteiger partial charge is 0.422 e. The van der Waals surface area contributed by atoms with Crippen molar-refractivity contribution in [3.8, 4) is 0 Å². The molecular weight excluding hydrogens is 418 g/mol. The van der Waals surface area contributed by atoms with E-state index in [1.807, 2.05) is 5.32 Å². The predicted molar refractivity (Wildman–Crippen MR) is 104 cm³/mol. The molecule has 0 saturated carbocycles. The number of nitrogens with one attached hydrogen (secondary N) is 1. The van der Waals surface area contributed by atoms with Gasteiger partial charge in [-0.25, -0.2) is 9.69 Å². The molecule has 4 N–H and O–H groups in total. The molecular formula is C18H18N3O8S. The minimum atomic E-state index is -5.23. The van der Waals surface area contributed by atoms with E-state index in [0.29, 0.717) is 16.6 Å². The molecule has 0 aliphatic carbocycles. The van der Waals surface area contributed by atoms with Crippen LogP contribution in [0.1, 0.15) is 24.0 Å². The Morgan fingerprint density at radius 2 is 1.90 bits per heavy atom. The van der Waals surface area contributed by atoms with E-state index in [1.165, 1.54) is 6.07 Å². The molecule has 12 heteroatoms. The molecule has 3 rings (SSSR count). The van der Waals surface area contributed by atoms with Crippen LogP contribution in [0.2, 0.25) is 0 Å². The summed E-state index contributed by atoms with van der Waals surface area (Å²) >= 11 is 0. The molecule has 30 heavy (non-hydrogen) atoms. The van der Waals surface area contributed by atoms with Crippen molar-refractivity contribution in [3.05, 3.63) is 46.7 Å². The van der Waals surface area contributed by atoms with Gasteiger partial charge in [-0.15, -0.1) is 0 Å². The van der Waals surface area contributed by atoms with E-state index in [-0.39, 0.29) is 28.9 Å². The van der Waals surface area contributed by atoms with Crippen LogP contribution in [0.25, 0.3) is 11.0 Å². The zero-order valence-electron chi connectivity index (χ0n) is 15.8. The molecule has 0 bridgehead atoms. The quantitative estimate of drug-likeness (QED) is 0.249. The third-order valence-electron chi connectivity index (χ3n) is 4.82. The van der Waals surface area contributed by atoms with Crippen LogP contribution in [0.3, 0.4) is 0 Å². The first-order chi connectivity index (χ1) is 13.8. The standard InChI is InChI=1S/C18H18N3O8S/c1-9-11-4-3-10(19)7-13(11)29-17(25)12(9)8-14(22)20-18(2,30(26,27)28)21-15(23)5-6-16(21)24/h3-4,7H,2,5-6,8,19H2,1H3,(H,20,22)(H,26,27,28). The fourth-order valence-corrected chi connectivity index (χ4v) is 3.93. The van der Waals surface area contributed by atoms with Crippen LogP contribution >= 0.6 is 0 Å². The number of aryl methyl sites for hydroxylation is 1. The van der Waals surface area contributed by atoms with Gasteiger partial charge < -0.3 is 15.5 Å². The molecule has 3 amide bonds. The van der Waals surface area contributed by atoms with E-state index in [0.717, 1.165) is 0 Å². The third-order valence-corrected chi connectivity index (χ3v) is 5.96. The highest BCUT2D eigenvalue weighted by Gasteiger charge is 2.53. The molecule has 1 aliphatic rings. The number of fused-ring (bicyclic) bond motifs is 1. The van der Waals surface area contributed by atoms with Crippen LogP contribution in [0.4, 0.5) is 5.69 Å². The summed E-state index contributed by atoms with van der Waals surface area (Å²) in [7, 11) is -5.23. The van der Waals surface area contributed by atoms with Crippen molar-refractivity contribution in [1.82, 2.24) is 10.2 Å². The Morgan fingerprint density at radius 1 is 1.30 bits per heavy atom. The molecule has 1 saturated heterocycles. The van der Waals surface area contributed by atoms with E-state index < -0.39 is 44.9 Å². The molecule has 1 aliphatic heterocycles. The Balaban J connectivity index is 1.97. The number of carbonyl (C=O) groups is 3. The maximum absolute atomic E-state index is 12.6. The highest BCUT2D eigenvalue weighted by molar-refractivity contribution is 7.87. The van der Waals surface area contributed by atoms with Crippen LogP contribution in [-0.2, 0) is 30.9 Å². The molecule has 2 heterocycles. The number of hydrogen-bond donors (Lipinski definition) is 3. The maximum atomic E-state index is 12.6. The highest BCUT2D eigenvalue weighted by atomic mass is 32.2. The van der Waals surface area contributed by atoms with Crippen molar-refractivity contribution in [2.24, 2.45) is 0 Å². The van der Waals surface area contributed by atoms with Crippen molar-refractivity contribution in [2.45, 2.75) is 31.2 Å². The van der Waals surface area contributed by atoms with E-state index in [9.17, 15) is 32.1 Å². The number of benzene rings is 1. The first-order valence-corrected chi connectivity index (χ1v) is 10.1. The highest BCUT2D eigenvalue weighted by Crippen LogP contribution is 2.26. The smallest absolute Gasteiger partial charge is 0.340 e. The van der Waals surface area contributed by atoms with Gasteiger partial charge in [0.25, 0.3) is 4.99 Å². The molecule has 159 valence electrons. The zero-order chi connectivity index (χ0) is 22.4. The molecule has 1 atom stereocenters. The molecule has 1 aromatic carbocycles. The van der Waals surface area contributed by atoms with Gasteiger partial charge in [-0.3, -0.25) is 18.9 Å². The minimum absolute atomic E-state index is 0.0819. The van der Waals surface area contributed by atoms with Crippen molar-refractivity contribution in [2.75, 3.05) is 5.73 Å². The minimum Gasteiger partial charge on any atom is -0.422 e. The summed E-state index contributed by atoms with van der Waals surface area (Å²) in [6.45, 7) is 4.77. The van der Waals surface area contributed by atoms with Gasteiger partial charge in [-0.05, 0) is 24.6 Å². The molecule has 1 fully saturated rings. The lowest BCUT2D eigenvalue weighted by atomic mass is 10.0. The normalized spacial score (nSPS) is 16.7. The number of amides is 3. The van der Waals surface area contributed by atoms with Gasteiger partial charge in [0.05, 0.1) is 12.0 Å². The Kier molecular flexibility index (Phi) is 5.16. The van der Waals surface area contributed by atoms with E-state index >= 15 is 0 Å². The van der Waals surface area contributed by atoms with Crippen LogP contribution < -0.4 is 16.7 Å². The zero-order valence-corrected chi connectivity index (χ0v) is 16.6. The first-order valence-electron chi connectivity index (χ1n) is 8.66. The predicted octanol–water partition coefficient (Wildman–Crippen LogP) is -0.133. The number of hydrogen-bond acceptors (Lipinski definition) is 8. The van der Waals surface area contributed by atoms with Crippen molar-refractivity contribution >= 4 is 44.5 Å². The number of imide groups is 1. The van der Waals surface area contributed by atoms with Gasteiger partial charge in [0.2, 0.25) is 17.7 Å². The first kappa shape index (κ1) is 21.5. The topological polar surface area (TPSA) is 177 Å². The second kappa shape index (κ2) is 7.22. The van der Waals surface area contributed by atoms with Crippen molar-refractivity contribution < 1.29 is 31.8 Å². The maximum Gasteiger partial charge on any atom is 0.340 e. The van der Waals surface area contributed by atoms with E-state index in [4.69, 9.17) is 10.2 Å². The number of nitrogen functional groups attached to an aromatic ring is 1. The summed E-state index contributed by atoms with van der Waals surface area (Å²) < 4.78 is 38.6. The van der Waals surface area contributed by atoms with Gasteiger partial charge in [0.1, 0.15) is 5.58 Å². The van der Waals surface area contributed by atoms with Crippen LogP contribution in [0, 0.1) is 13.8 Å². The third kappa shape index (κ3) is 3.55. The number of anilines is 1. The SMILES string of the molecule is [CH2]C(NC(=O)Cc1c(C)c2ccc(N)cc2oc1=O)(N1C(=O)CCC1=O)S(=O)(=O)O. The number of nitrogens with zero attached hydrogens (tertiary/aromatic N) is 1. The van der Waals surface area contributed by atoms with Crippen molar-refractivity contribution in [1.29, 1.82) is 0 Å². The number of rotatable bonds is 5. The molecule has 2 aromatic rings. The molecule has 1 radical (unpaired) electrons. The average Bonchev–Trinajstić information content (AvgIpc) is 2.96. The monoisotopic (exact) mass is 436 g/mol. The second-order valence-corrected chi connectivity index (χ2v) is 8.48. The Hall–Kier alpha value is -3.25. The van der Waals surface area contributed by atoms with Gasteiger partial charge in [0, 0.05) is 36.9 Å². The molecule has 1 aromatic heterocycles. The Morgan fingerprint density at radius 3 is 2.47 bits per heavy atom. The lowest BCUT2D eigenvalue weighted by molar-refractivity contribution is -0.143. The average molecular weight is 436 g/mol. The van der Waals surface area contributed by atoms with Crippen molar-refractivity contribution in [3.63, 3.8) is 0 Å². The van der Waals surface area contributed by atoms with Crippen LogP contribution in [0.5, 0.6) is 0 Å². The van der Waals surface area contributed by atoms with Crippen LogP contribution in [-0.4, -0.2) is 40.6 Å². The van der Waals surface area contributed by atoms with Gasteiger partial charge in [-0.2, -0.15) is 8.42 Å². The van der Waals surface area contributed by atoms with E-state index in [2.05, 4.69) is 6.92 Å². The summed E-state index contributed by atoms with van der Waals surface area (Å²) in [5.41, 5.74) is 5.70. The summed E-state index contributed by atoms with van der Waals surface area (Å²) in [6.07, 6.45) is -1.24. The number of nitrogens with two attached hydrogens (primary N) is 1. The summed E-state index contributed by atoms with van der Waals surface area (Å²) in [5.74, 6) is -2.93. The fourth-order valence-electron chi connectivity index (χ4n) is 3.25. The lowest BCUT2D eigenvalue weighted by Gasteiger charge is -2.34. The summed E-state index contributed by atoms with van der Waals surface area (Å²) in [6, 6.07) is 4.61. The number of carbonyl (C=O) groups excluding carboxylic acids is 3. The van der Waals surface area contributed by atoms with Crippen LogP contribution in [0.15, 0.2) is 27.4 Å². The summed E-state index contributed by atoms with van der Waals surface area (Å²) in [5, 5.41) is 2.40. The second-order valence-electron chi connectivity index (χ2n) is 6.86. The van der Waals surface area contributed by atoms with Gasteiger partial charge >= 0.3 is 15.7 Å². The molecule has 0 spiro atoms. The molecule has 11 nitrogen and oxygen atoms in total. The van der Waals surface area contributed by atoms with Gasteiger partial charge in [0.15, 0.2) is 0 Å². The lowest BCUT2D eigenvalue weighted by Crippen LogP contribution is -2.65. The van der Waals surface area contributed by atoms with E-state index in [1.54, 1.807) is 19.1 Å². The Labute approximate surface area is 170 Å². The molecule has 1 unspecified atom stereocenters. The van der Waals surface area contributed by atoms with Gasteiger partial charge in [-0.1, -0.05) is 0 Å². The Bertz CT molecular complexity index is 1230.